The van der Waals surface area contributed by atoms with Crippen LogP contribution in [0.3, 0.4) is 0 Å². The summed E-state index contributed by atoms with van der Waals surface area (Å²) in [6.07, 6.45) is 2.87. The molecule has 0 aromatic heterocycles. The summed E-state index contributed by atoms with van der Waals surface area (Å²) in [4.78, 5) is 0. The molecule has 1 fully saturated rings. The molecule has 0 aliphatic heterocycles. The topological polar surface area (TPSA) is 53.7 Å². The lowest BCUT2D eigenvalue weighted by atomic mass is 9.72. The fraction of sp³-hybridized carbons (Fsp3) is 0.538. The van der Waals surface area contributed by atoms with Gasteiger partial charge in [0.15, 0.2) is 11.5 Å². The Morgan fingerprint density at radius 1 is 1.11 bits per heavy atom. The van der Waals surface area contributed by atoms with E-state index in [1.165, 1.54) is 0 Å². The average Bonchev–Trinajstić information content (AvgIpc) is 2.35. The zero-order valence-electron chi connectivity index (χ0n) is 10.9. The van der Waals surface area contributed by atoms with Crippen LogP contribution in [0.25, 0.3) is 0 Å². The quantitative estimate of drug-likeness (QED) is 0.915. The Morgan fingerprint density at radius 2 is 1.72 bits per heavy atom. The minimum atomic E-state index is -0.440. The molecular weight excluding hydrogens is 254 g/mol. The first-order valence-electron chi connectivity index (χ1n) is 5.85. The molecule has 2 N–H and O–H groups in total. The van der Waals surface area contributed by atoms with E-state index in [2.05, 4.69) is 0 Å². The Kier molecular flexibility index (Phi) is 3.59. The Morgan fingerprint density at radius 3 is 2.11 bits per heavy atom. The van der Waals surface area contributed by atoms with Crippen LogP contribution in [0.15, 0.2) is 6.07 Å². The predicted octanol–water partition coefficient (Wildman–Crippen LogP) is 2.70. The molecule has 1 saturated carbocycles. The van der Waals surface area contributed by atoms with Crippen LogP contribution in [-0.2, 0) is 5.54 Å². The summed E-state index contributed by atoms with van der Waals surface area (Å²) in [5.74, 6) is 1.75. The van der Waals surface area contributed by atoms with Gasteiger partial charge in [-0.05, 0) is 19.3 Å². The predicted molar refractivity (Wildman–Crippen MR) is 70.8 cm³/mol. The van der Waals surface area contributed by atoms with Gasteiger partial charge in [-0.25, -0.2) is 0 Å². The standard InChI is InChI=1S/C13H18ClNO3/c1-16-8-7-9(17-2)12(18-3)10(11(8)14)13(15)5-4-6-13/h7H,4-6,15H2,1-3H3. The van der Waals surface area contributed by atoms with Gasteiger partial charge < -0.3 is 19.9 Å². The summed E-state index contributed by atoms with van der Waals surface area (Å²) >= 11 is 6.38. The smallest absolute Gasteiger partial charge is 0.167 e. The van der Waals surface area contributed by atoms with Crippen molar-refractivity contribution < 1.29 is 14.2 Å². The molecule has 1 aliphatic rings. The summed E-state index contributed by atoms with van der Waals surface area (Å²) in [6, 6.07) is 1.71. The van der Waals surface area contributed by atoms with Gasteiger partial charge in [0.1, 0.15) is 5.75 Å². The minimum absolute atomic E-state index is 0.440. The van der Waals surface area contributed by atoms with Gasteiger partial charge in [0.2, 0.25) is 0 Å². The minimum Gasteiger partial charge on any atom is -0.495 e. The van der Waals surface area contributed by atoms with Crippen molar-refractivity contribution in [3.8, 4) is 17.2 Å². The molecule has 0 unspecified atom stereocenters. The van der Waals surface area contributed by atoms with Crippen molar-refractivity contribution in [3.05, 3.63) is 16.7 Å². The van der Waals surface area contributed by atoms with Gasteiger partial charge in [0, 0.05) is 17.2 Å². The number of methoxy groups -OCH3 is 3. The summed E-state index contributed by atoms with van der Waals surface area (Å²) in [7, 11) is 4.74. The van der Waals surface area contributed by atoms with E-state index in [0.29, 0.717) is 22.3 Å². The van der Waals surface area contributed by atoms with E-state index in [9.17, 15) is 0 Å². The first-order chi connectivity index (χ1) is 8.57. The van der Waals surface area contributed by atoms with Gasteiger partial charge in [-0.1, -0.05) is 11.6 Å². The number of rotatable bonds is 4. The molecule has 0 saturated heterocycles. The molecule has 100 valence electrons. The number of nitrogens with two attached hydrogens (primary N) is 1. The van der Waals surface area contributed by atoms with Crippen LogP contribution in [0.2, 0.25) is 5.02 Å². The lowest BCUT2D eigenvalue weighted by molar-refractivity contribution is 0.239. The highest BCUT2D eigenvalue weighted by Crippen LogP contribution is 2.52. The van der Waals surface area contributed by atoms with Crippen molar-refractivity contribution >= 4 is 11.6 Å². The molecule has 0 heterocycles. The second-order valence-corrected chi connectivity index (χ2v) is 4.89. The molecule has 0 bridgehead atoms. The Balaban J connectivity index is 2.66. The van der Waals surface area contributed by atoms with E-state index in [1.807, 2.05) is 0 Å². The second-order valence-electron chi connectivity index (χ2n) is 4.51. The monoisotopic (exact) mass is 271 g/mol. The molecule has 1 aromatic carbocycles. The molecule has 0 atom stereocenters. The maximum absolute atomic E-state index is 6.38. The molecule has 0 radical (unpaired) electrons. The zero-order chi connectivity index (χ0) is 13.3. The molecule has 18 heavy (non-hydrogen) atoms. The van der Waals surface area contributed by atoms with E-state index in [4.69, 9.17) is 31.5 Å². The summed E-state index contributed by atoms with van der Waals surface area (Å²) in [5.41, 5.74) is 6.72. The molecule has 1 aromatic rings. The average molecular weight is 272 g/mol. The van der Waals surface area contributed by atoms with E-state index in [-0.39, 0.29) is 0 Å². The highest BCUT2D eigenvalue weighted by molar-refractivity contribution is 6.33. The van der Waals surface area contributed by atoms with Crippen LogP contribution in [0.5, 0.6) is 17.2 Å². The number of hydrogen-bond donors (Lipinski definition) is 1. The lowest BCUT2D eigenvalue weighted by Gasteiger charge is -2.40. The first kappa shape index (κ1) is 13.3. The van der Waals surface area contributed by atoms with Gasteiger partial charge in [0.25, 0.3) is 0 Å². The normalized spacial score (nSPS) is 16.9. The third-order valence-electron chi connectivity index (χ3n) is 3.54. The molecule has 0 spiro atoms. The van der Waals surface area contributed by atoms with Crippen molar-refractivity contribution in [1.29, 1.82) is 0 Å². The van der Waals surface area contributed by atoms with Gasteiger partial charge >= 0.3 is 0 Å². The Labute approximate surface area is 112 Å². The lowest BCUT2D eigenvalue weighted by Crippen LogP contribution is -2.43. The van der Waals surface area contributed by atoms with Crippen molar-refractivity contribution in [2.45, 2.75) is 24.8 Å². The molecule has 2 rings (SSSR count). The Hall–Kier alpha value is -1.13. The molecular formula is C13H18ClNO3. The maximum Gasteiger partial charge on any atom is 0.167 e. The van der Waals surface area contributed by atoms with Crippen LogP contribution in [0, 0.1) is 0 Å². The highest BCUT2D eigenvalue weighted by atomic mass is 35.5. The van der Waals surface area contributed by atoms with Gasteiger partial charge in [-0.2, -0.15) is 0 Å². The fourth-order valence-electron chi connectivity index (χ4n) is 2.35. The van der Waals surface area contributed by atoms with Crippen LogP contribution in [0.1, 0.15) is 24.8 Å². The van der Waals surface area contributed by atoms with Crippen LogP contribution < -0.4 is 19.9 Å². The van der Waals surface area contributed by atoms with E-state index in [0.717, 1.165) is 24.8 Å². The fourth-order valence-corrected chi connectivity index (χ4v) is 2.75. The summed E-state index contributed by atoms with van der Waals surface area (Å²) in [6.45, 7) is 0. The van der Waals surface area contributed by atoms with Gasteiger partial charge in [-0.15, -0.1) is 0 Å². The highest BCUT2D eigenvalue weighted by Gasteiger charge is 2.40. The van der Waals surface area contributed by atoms with E-state index >= 15 is 0 Å². The molecule has 5 heteroatoms. The number of ether oxygens (including phenoxy) is 3. The largest absolute Gasteiger partial charge is 0.495 e. The van der Waals surface area contributed by atoms with Gasteiger partial charge in [-0.3, -0.25) is 0 Å². The van der Waals surface area contributed by atoms with Crippen LogP contribution in [-0.4, -0.2) is 21.3 Å². The third-order valence-corrected chi connectivity index (χ3v) is 3.91. The first-order valence-corrected chi connectivity index (χ1v) is 6.23. The van der Waals surface area contributed by atoms with Crippen LogP contribution in [0.4, 0.5) is 0 Å². The number of hydrogen-bond acceptors (Lipinski definition) is 4. The van der Waals surface area contributed by atoms with Crippen molar-refractivity contribution in [3.63, 3.8) is 0 Å². The number of benzene rings is 1. The molecule has 4 nitrogen and oxygen atoms in total. The van der Waals surface area contributed by atoms with Crippen molar-refractivity contribution in [2.75, 3.05) is 21.3 Å². The molecule has 0 amide bonds. The summed E-state index contributed by atoms with van der Waals surface area (Å²) < 4.78 is 16.0. The number of halogens is 1. The third kappa shape index (κ3) is 1.89. The van der Waals surface area contributed by atoms with Crippen LogP contribution >= 0.6 is 11.6 Å². The molecule has 1 aliphatic carbocycles. The SMILES string of the molecule is COc1cc(OC)c(OC)c(C2(N)CCC2)c1Cl. The van der Waals surface area contributed by atoms with Crippen molar-refractivity contribution in [2.24, 2.45) is 5.73 Å². The zero-order valence-corrected chi connectivity index (χ0v) is 11.6. The second kappa shape index (κ2) is 4.86. The summed E-state index contributed by atoms with van der Waals surface area (Å²) in [5, 5.41) is 0.511. The van der Waals surface area contributed by atoms with Gasteiger partial charge in [0.05, 0.1) is 26.4 Å². The van der Waals surface area contributed by atoms with E-state index in [1.54, 1.807) is 27.4 Å². The maximum atomic E-state index is 6.38. The van der Waals surface area contributed by atoms with Crippen molar-refractivity contribution in [1.82, 2.24) is 0 Å². The Bertz CT molecular complexity index is 458. The van der Waals surface area contributed by atoms with E-state index < -0.39 is 5.54 Å².